The molecule has 0 aliphatic heterocycles. The topological polar surface area (TPSA) is 208 Å². The van der Waals surface area contributed by atoms with E-state index in [-0.39, 0.29) is 17.1 Å². The van der Waals surface area contributed by atoms with Crippen LogP contribution < -0.4 is 43.0 Å². The first kappa shape index (κ1) is 42.3. The van der Waals surface area contributed by atoms with Crippen LogP contribution >= 0.6 is 14.5 Å². The molecule has 0 aromatic heterocycles. The van der Waals surface area contributed by atoms with Crippen molar-refractivity contribution in [2.75, 3.05) is 0 Å². The van der Waals surface area contributed by atoms with Gasteiger partial charge < -0.3 is 22.1 Å². The molecule has 2 radical (unpaired) electrons. The molecule has 0 atom stereocenters. The molecular formula is C36H30FeN9O2P2-. The fraction of sp³-hybridized carbons (Fsp3) is 0. The number of hydrogen-bond acceptors (Lipinski definition) is 3. The van der Waals surface area contributed by atoms with Gasteiger partial charge in [-0.3, -0.25) is 9.82 Å². The van der Waals surface area contributed by atoms with Crippen LogP contribution in [0.25, 0.3) is 31.9 Å². The fourth-order valence-electron chi connectivity index (χ4n) is 5.27. The van der Waals surface area contributed by atoms with E-state index in [1.54, 1.807) is 0 Å². The van der Waals surface area contributed by atoms with Gasteiger partial charge in [-0.2, -0.15) is 0 Å². The second-order valence-electron chi connectivity index (χ2n) is 9.55. The van der Waals surface area contributed by atoms with Crippen molar-refractivity contribution in [3.63, 3.8) is 0 Å². The number of nitroso groups, excluding NO2 is 2. The van der Waals surface area contributed by atoms with Gasteiger partial charge in [-0.15, -0.1) is 14.3 Å². The number of nitrogens with zero attached hydrogens (tertiary/aromatic N) is 9. The van der Waals surface area contributed by atoms with E-state index in [4.69, 9.17) is 47.6 Å². The van der Waals surface area contributed by atoms with Gasteiger partial charge in [-0.25, -0.2) is 0 Å². The van der Waals surface area contributed by atoms with Crippen molar-refractivity contribution in [1.29, 1.82) is 0 Å². The minimum Gasteiger partial charge on any atom is -0.373 e. The van der Waals surface area contributed by atoms with Crippen molar-refractivity contribution < 1.29 is 17.1 Å². The summed E-state index contributed by atoms with van der Waals surface area (Å²) in [4.78, 5) is 17.5. The fourth-order valence-corrected chi connectivity index (χ4v) is 14.8. The van der Waals surface area contributed by atoms with Crippen molar-refractivity contribution in [2.45, 2.75) is 0 Å². The van der Waals surface area contributed by atoms with Gasteiger partial charge in [0.1, 0.15) is 34.2 Å². The van der Waals surface area contributed by atoms with Gasteiger partial charge in [0.2, 0.25) is 7.41 Å². The van der Waals surface area contributed by atoms with Gasteiger partial charge in [-0.05, 0) is 36.4 Å². The summed E-state index contributed by atoms with van der Waals surface area (Å²) >= 11 is 0. The molecule has 0 unspecified atom stereocenters. The predicted molar refractivity (Wildman–Crippen MR) is 204 cm³/mol. The predicted octanol–water partition coefficient (Wildman–Crippen LogP) is 7.91. The van der Waals surface area contributed by atoms with E-state index in [1.165, 1.54) is 41.7 Å². The largest absolute Gasteiger partial charge is 0.373 e. The van der Waals surface area contributed by atoms with E-state index in [2.05, 4.69) is 182 Å². The van der Waals surface area contributed by atoms with Crippen molar-refractivity contribution in [2.24, 2.45) is 4.52 Å². The molecule has 0 fully saturated rings. The quantitative estimate of drug-likeness (QED) is 0.0526. The van der Waals surface area contributed by atoms with E-state index in [9.17, 15) is 0 Å². The zero-order valence-electron chi connectivity index (χ0n) is 26.4. The van der Waals surface area contributed by atoms with Crippen molar-refractivity contribution in [3.05, 3.63) is 224 Å². The van der Waals surface area contributed by atoms with E-state index >= 15 is 0 Å². The third-order valence-electron chi connectivity index (χ3n) is 7.05. The Balaban J connectivity index is 0.00000103. The zero-order chi connectivity index (χ0) is 35.8. The molecule has 0 aliphatic carbocycles. The molecule has 50 heavy (non-hydrogen) atoms. The average molecular weight is 738 g/mol. The van der Waals surface area contributed by atoms with E-state index in [1.807, 2.05) is 0 Å². The molecule has 0 bridgehead atoms. The SMILES string of the molecule is [Fe].[N-]=[N+]=[N-].[N-]=[N+]=[N-].[N]=O.[N]=O.c1ccc(P(=N[P+](c2ccccc2)(c2ccccc2)c2ccccc2)(c2ccccc2)c2ccccc2)cc1. The molecule has 0 saturated heterocycles. The minimum atomic E-state index is -2.50. The molecule has 6 aromatic carbocycles. The average Bonchev–Trinajstić information content (AvgIpc) is 3.20. The summed E-state index contributed by atoms with van der Waals surface area (Å²) in [5, 5.41) is 7.55. The first-order chi connectivity index (χ1) is 24.2. The first-order valence-electron chi connectivity index (χ1n) is 14.4. The van der Waals surface area contributed by atoms with E-state index in [0.717, 1.165) is 0 Å². The van der Waals surface area contributed by atoms with Gasteiger partial charge in [0.15, 0.2) is 0 Å². The Morgan fingerprint density at radius 3 is 0.780 bits per heavy atom. The molecule has 0 N–H and O–H groups in total. The summed E-state index contributed by atoms with van der Waals surface area (Å²) in [6, 6.07) is 65.7. The molecule has 250 valence electrons. The second-order valence-corrected chi connectivity index (χ2v) is 15.9. The number of rotatable bonds is 7. The van der Waals surface area contributed by atoms with Crippen LogP contribution in [0.4, 0.5) is 0 Å². The number of benzene rings is 6. The number of hydrogen-bond donors (Lipinski definition) is 0. The van der Waals surface area contributed by atoms with Crippen LogP contribution in [0.2, 0.25) is 0 Å². The maximum absolute atomic E-state index is 7.25. The maximum Gasteiger partial charge on any atom is 0.228 e. The third-order valence-corrected chi connectivity index (χ3v) is 15.5. The van der Waals surface area contributed by atoms with Crippen LogP contribution in [0.15, 0.2) is 187 Å². The van der Waals surface area contributed by atoms with Crippen LogP contribution in [0.3, 0.4) is 0 Å². The first-order valence-corrected chi connectivity index (χ1v) is 17.9. The van der Waals surface area contributed by atoms with Crippen molar-refractivity contribution >= 4 is 46.3 Å². The summed E-state index contributed by atoms with van der Waals surface area (Å²) in [6.45, 7) is 0. The summed E-state index contributed by atoms with van der Waals surface area (Å²) < 4.78 is 6.38. The van der Waals surface area contributed by atoms with E-state index < -0.39 is 14.5 Å². The Hall–Kier alpha value is -5.68. The van der Waals surface area contributed by atoms with Crippen LogP contribution in [-0.4, -0.2) is 0 Å². The normalized spacial score (nSPS) is 9.52. The van der Waals surface area contributed by atoms with Gasteiger partial charge >= 0.3 is 0 Å². The smallest absolute Gasteiger partial charge is 0.228 e. The summed E-state index contributed by atoms with van der Waals surface area (Å²) in [7, 11) is -4.99. The summed E-state index contributed by atoms with van der Waals surface area (Å²) in [5.74, 6) is 0. The van der Waals surface area contributed by atoms with Crippen LogP contribution in [-0.2, 0) is 17.1 Å². The van der Waals surface area contributed by atoms with Crippen molar-refractivity contribution in [3.8, 4) is 0 Å². The molecule has 0 spiro atoms. The van der Waals surface area contributed by atoms with Gasteiger partial charge in [0.25, 0.3) is 0 Å². The molecule has 0 saturated carbocycles. The summed E-state index contributed by atoms with van der Waals surface area (Å²) in [6.07, 6.45) is 0. The monoisotopic (exact) mass is 738 g/mol. The van der Waals surface area contributed by atoms with Crippen LogP contribution in [0, 0.1) is 9.81 Å². The zero-order valence-corrected chi connectivity index (χ0v) is 29.3. The molecule has 6 rings (SSSR count). The molecule has 0 amide bonds. The minimum absolute atomic E-state index is 0. The van der Waals surface area contributed by atoms with Gasteiger partial charge in [-0.1, -0.05) is 146 Å². The second kappa shape index (κ2) is 23.6. The molecule has 6 aromatic rings. The Morgan fingerprint density at radius 2 is 0.580 bits per heavy atom. The molecule has 11 nitrogen and oxygen atoms in total. The van der Waals surface area contributed by atoms with E-state index in [0.29, 0.717) is 0 Å². The maximum atomic E-state index is 7.25. The van der Waals surface area contributed by atoms with Gasteiger partial charge in [0, 0.05) is 33.0 Å². The van der Waals surface area contributed by atoms with Crippen LogP contribution in [0.5, 0.6) is 0 Å². The molecular weight excluding hydrogens is 708 g/mol. The summed E-state index contributed by atoms with van der Waals surface area (Å²) in [5.41, 5.74) is 38.5. The molecule has 0 heterocycles. The standard InChI is InChI=1S/C36H30NP2.Fe.2N3.2NO/c1-7-19-31(20-8-1)38(32-21-9-2-10-22-32,33-23-11-3-12-24-33)37-39(34-25-13-4-14-26-34,35-27-15-5-16-28-35)36-29-17-6-18-30-36;;2*1-3-2;2*1-2/h1-30H;;;;;/q+1;;2*-1;;. The Kier molecular flexibility index (Phi) is 20.0. The Labute approximate surface area is 301 Å². The van der Waals surface area contributed by atoms with Crippen LogP contribution in [0.1, 0.15) is 0 Å². The third kappa shape index (κ3) is 10.2. The molecule has 14 heteroatoms. The van der Waals surface area contributed by atoms with Gasteiger partial charge in [0.05, 0.1) is 0 Å². The van der Waals surface area contributed by atoms with Crippen molar-refractivity contribution in [1.82, 2.24) is 11.2 Å². The molecule has 0 aliphatic rings. The Bertz CT molecular complexity index is 1720. The Morgan fingerprint density at radius 1 is 0.400 bits per heavy atom.